The van der Waals surface area contributed by atoms with Crippen LogP contribution < -0.4 is 10.1 Å². The minimum atomic E-state index is -0.490. The third-order valence-corrected chi connectivity index (χ3v) is 3.59. The highest BCUT2D eigenvalue weighted by molar-refractivity contribution is 7.09. The number of ether oxygens (including phenoxy) is 1. The monoisotopic (exact) mass is 263 g/mol. The summed E-state index contributed by atoms with van der Waals surface area (Å²) >= 11 is 1.71. The number of hydrogen-bond acceptors (Lipinski definition) is 4. The molecular formula is C14H17NO2S. The van der Waals surface area contributed by atoms with Crippen molar-refractivity contribution in [1.29, 1.82) is 0 Å². The van der Waals surface area contributed by atoms with E-state index in [9.17, 15) is 5.11 Å². The van der Waals surface area contributed by atoms with Crippen molar-refractivity contribution < 1.29 is 9.84 Å². The van der Waals surface area contributed by atoms with Gasteiger partial charge in [-0.1, -0.05) is 18.2 Å². The molecule has 2 N–H and O–H groups in total. The van der Waals surface area contributed by atoms with Gasteiger partial charge < -0.3 is 15.2 Å². The average Bonchev–Trinajstić information content (AvgIpc) is 2.92. The molecule has 0 spiro atoms. The molecule has 18 heavy (non-hydrogen) atoms. The highest BCUT2D eigenvalue weighted by Crippen LogP contribution is 2.17. The zero-order valence-electron chi connectivity index (χ0n) is 10.3. The summed E-state index contributed by atoms with van der Waals surface area (Å²) in [6.07, 6.45) is -0.490. The van der Waals surface area contributed by atoms with Gasteiger partial charge in [0.15, 0.2) is 0 Å². The number of hydrogen-bond donors (Lipinski definition) is 2. The van der Waals surface area contributed by atoms with E-state index in [4.69, 9.17) is 4.74 Å². The number of aliphatic hydroxyl groups excluding tert-OH is 1. The quantitative estimate of drug-likeness (QED) is 0.841. The SMILES string of the molecule is COc1ccc(C(O)CNCc2cccs2)cc1. The Morgan fingerprint density at radius 3 is 2.67 bits per heavy atom. The first-order valence-corrected chi connectivity index (χ1v) is 6.72. The van der Waals surface area contributed by atoms with Crippen LogP contribution in [0.25, 0.3) is 0 Å². The molecule has 3 nitrogen and oxygen atoms in total. The van der Waals surface area contributed by atoms with E-state index in [0.29, 0.717) is 6.54 Å². The summed E-state index contributed by atoms with van der Waals surface area (Å²) in [5.74, 6) is 0.803. The first-order valence-electron chi connectivity index (χ1n) is 5.84. The molecule has 1 aromatic carbocycles. The maximum Gasteiger partial charge on any atom is 0.118 e. The van der Waals surface area contributed by atoms with Gasteiger partial charge in [-0.2, -0.15) is 0 Å². The Morgan fingerprint density at radius 2 is 2.06 bits per heavy atom. The van der Waals surface area contributed by atoms with Gasteiger partial charge in [0.2, 0.25) is 0 Å². The second kappa shape index (κ2) is 6.54. The minimum Gasteiger partial charge on any atom is -0.497 e. The van der Waals surface area contributed by atoms with Crippen LogP contribution in [0.1, 0.15) is 16.5 Å². The molecule has 0 amide bonds. The fourth-order valence-electron chi connectivity index (χ4n) is 1.69. The van der Waals surface area contributed by atoms with E-state index in [1.165, 1.54) is 4.88 Å². The molecule has 2 rings (SSSR count). The maximum absolute atomic E-state index is 10.0. The third kappa shape index (κ3) is 3.57. The molecule has 0 saturated heterocycles. The molecule has 96 valence electrons. The van der Waals surface area contributed by atoms with Crippen molar-refractivity contribution in [2.24, 2.45) is 0 Å². The smallest absolute Gasteiger partial charge is 0.118 e. The standard InChI is InChI=1S/C14H17NO2S/c1-17-12-6-4-11(5-7-12)14(16)10-15-9-13-3-2-8-18-13/h2-8,14-16H,9-10H2,1H3. The molecule has 1 atom stereocenters. The van der Waals surface area contributed by atoms with Crippen molar-refractivity contribution in [2.75, 3.05) is 13.7 Å². The second-order valence-electron chi connectivity index (χ2n) is 4.00. The van der Waals surface area contributed by atoms with Crippen LogP contribution in [0.2, 0.25) is 0 Å². The van der Waals surface area contributed by atoms with Gasteiger partial charge in [0.25, 0.3) is 0 Å². The number of rotatable bonds is 6. The zero-order chi connectivity index (χ0) is 12.8. The molecule has 1 aromatic heterocycles. The summed E-state index contributed by atoms with van der Waals surface area (Å²) in [5.41, 5.74) is 0.898. The molecule has 0 saturated carbocycles. The maximum atomic E-state index is 10.0. The molecule has 0 aliphatic heterocycles. The summed E-state index contributed by atoms with van der Waals surface area (Å²) in [5, 5.41) is 15.3. The van der Waals surface area contributed by atoms with Crippen LogP contribution in [-0.4, -0.2) is 18.8 Å². The fraction of sp³-hybridized carbons (Fsp3) is 0.286. The molecule has 1 heterocycles. The molecule has 0 radical (unpaired) electrons. The van der Waals surface area contributed by atoms with Gasteiger partial charge in [0.05, 0.1) is 13.2 Å². The van der Waals surface area contributed by atoms with Crippen LogP contribution >= 0.6 is 11.3 Å². The lowest BCUT2D eigenvalue weighted by atomic mass is 10.1. The van der Waals surface area contributed by atoms with Crippen LogP contribution in [0.3, 0.4) is 0 Å². The Bertz CT molecular complexity index is 453. The predicted octanol–water partition coefficient (Wildman–Crippen LogP) is 2.58. The topological polar surface area (TPSA) is 41.5 Å². The number of thiophene rings is 1. The van der Waals surface area contributed by atoms with E-state index >= 15 is 0 Å². The second-order valence-corrected chi connectivity index (χ2v) is 5.03. The predicted molar refractivity (Wildman–Crippen MR) is 74.0 cm³/mol. The highest BCUT2D eigenvalue weighted by atomic mass is 32.1. The van der Waals surface area contributed by atoms with Crippen LogP contribution in [0.15, 0.2) is 41.8 Å². The molecule has 2 aromatic rings. The first kappa shape index (κ1) is 13.1. The minimum absolute atomic E-state index is 0.490. The average molecular weight is 263 g/mol. The van der Waals surface area contributed by atoms with Gasteiger partial charge in [-0.3, -0.25) is 0 Å². The van der Waals surface area contributed by atoms with E-state index in [2.05, 4.69) is 16.8 Å². The lowest BCUT2D eigenvalue weighted by molar-refractivity contribution is 0.174. The first-order chi connectivity index (χ1) is 8.79. The third-order valence-electron chi connectivity index (χ3n) is 2.72. The zero-order valence-corrected chi connectivity index (χ0v) is 11.1. The van der Waals surface area contributed by atoms with Gasteiger partial charge >= 0.3 is 0 Å². The van der Waals surface area contributed by atoms with Crippen molar-refractivity contribution >= 4 is 11.3 Å². The van der Waals surface area contributed by atoms with Gasteiger partial charge in [0.1, 0.15) is 5.75 Å². The van der Waals surface area contributed by atoms with E-state index in [0.717, 1.165) is 17.9 Å². The van der Waals surface area contributed by atoms with Gasteiger partial charge in [-0.05, 0) is 29.1 Å². The van der Waals surface area contributed by atoms with Crippen molar-refractivity contribution in [3.8, 4) is 5.75 Å². The summed E-state index contributed by atoms with van der Waals surface area (Å²) in [6, 6.07) is 11.6. The number of nitrogens with one attached hydrogen (secondary N) is 1. The Balaban J connectivity index is 1.81. The Hall–Kier alpha value is -1.36. The van der Waals surface area contributed by atoms with Crippen molar-refractivity contribution in [3.05, 3.63) is 52.2 Å². The van der Waals surface area contributed by atoms with E-state index in [-0.39, 0.29) is 0 Å². The van der Waals surface area contributed by atoms with E-state index in [1.807, 2.05) is 30.3 Å². The number of methoxy groups -OCH3 is 1. The molecular weight excluding hydrogens is 246 g/mol. The number of benzene rings is 1. The van der Waals surface area contributed by atoms with Gasteiger partial charge in [-0.25, -0.2) is 0 Å². The summed E-state index contributed by atoms with van der Waals surface area (Å²) < 4.78 is 5.08. The normalized spacial score (nSPS) is 12.3. The fourth-order valence-corrected chi connectivity index (χ4v) is 2.36. The summed E-state index contributed by atoms with van der Waals surface area (Å²) in [6.45, 7) is 1.34. The molecule has 1 unspecified atom stereocenters. The van der Waals surface area contributed by atoms with Crippen molar-refractivity contribution in [2.45, 2.75) is 12.6 Å². The van der Waals surface area contributed by atoms with Crippen LogP contribution in [-0.2, 0) is 6.54 Å². The van der Waals surface area contributed by atoms with Gasteiger partial charge in [-0.15, -0.1) is 11.3 Å². The van der Waals surface area contributed by atoms with Crippen LogP contribution in [0.4, 0.5) is 0 Å². The highest BCUT2D eigenvalue weighted by Gasteiger charge is 2.07. The molecule has 0 bridgehead atoms. The van der Waals surface area contributed by atoms with Crippen LogP contribution in [0, 0.1) is 0 Å². The lowest BCUT2D eigenvalue weighted by Gasteiger charge is -2.12. The summed E-state index contributed by atoms with van der Waals surface area (Å²) in [4.78, 5) is 1.27. The van der Waals surface area contributed by atoms with E-state index in [1.54, 1.807) is 18.4 Å². The lowest BCUT2D eigenvalue weighted by Crippen LogP contribution is -2.20. The molecule has 4 heteroatoms. The Kier molecular flexibility index (Phi) is 4.75. The van der Waals surface area contributed by atoms with Crippen molar-refractivity contribution in [3.63, 3.8) is 0 Å². The summed E-state index contributed by atoms with van der Waals surface area (Å²) in [7, 11) is 1.63. The van der Waals surface area contributed by atoms with Gasteiger partial charge in [0, 0.05) is 18.0 Å². The van der Waals surface area contributed by atoms with Crippen molar-refractivity contribution in [1.82, 2.24) is 5.32 Å². The van der Waals surface area contributed by atoms with E-state index < -0.39 is 6.10 Å². The van der Waals surface area contributed by atoms with Crippen LogP contribution in [0.5, 0.6) is 5.75 Å². The molecule has 0 aliphatic rings. The molecule has 0 aliphatic carbocycles. The Morgan fingerprint density at radius 1 is 1.28 bits per heavy atom. The largest absolute Gasteiger partial charge is 0.497 e. The number of aliphatic hydroxyl groups is 1. The molecule has 0 fully saturated rings. The Labute approximate surface area is 111 Å².